The summed E-state index contributed by atoms with van der Waals surface area (Å²) in [5.74, 6) is 0.194. The third kappa shape index (κ3) is 5.37. The normalized spacial score (nSPS) is 8.42. The smallest absolute Gasteiger partial charge is 0.810 e. The molecule has 2 aromatic rings. The summed E-state index contributed by atoms with van der Waals surface area (Å²) in [6.07, 6.45) is 1.74. The fourth-order valence-electron chi connectivity index (χ4n) is 1.19. The van der Waals surface area contributed by atoms with E-state index in [1.165, 1.54) is 12.1 Å². The van der Waals surface area contributed by atoms with Crippen molar-refractivity contribution in [3.05, 3.63) is 70.5 Å². The van der Waals surface area contributed by atoms with Crippen LogP contribution in [0.25, 0.3) is 10.8 Å². The molecule has 1 radical (unpaired) electrons. The van der Waals surface area contributed by atoms with E-state index in [0.717, 1.165) is 12.4 Å². The van der Waals surface area contributed by atoms with Gasteiger partial charge >= 0.3 is 16.8 Å². The van der Waals surface area contributed by atoms with Gasteiger partial charge in [-0.3, -0.25) is 0 Å². The Balaban J connectivity index is 0.000000324. The largest absolute Gasteiger partial charge is 2.00 e. The van der Waals surface area contributed by atoms with Gasteiger partial charge in [0.15, 0.2) is 0 Å². The second-order valence-corrected chi connectivity index (χ2v) is 3.38. The Morgan fingerprint density at radius 2 is 1.00 bits per heavy atom. The molecule has 2 aromatic carbocycles. The fraction of sp³-hybridized carbons (Fsp3) is 0. The summed E-state index contributed by atoms with van der Waals surface area (Å²) in [4.78, 5) is 0. The number of aromatic hydroxyl groups is 2. The summed E-state index contributed by atoms with van der Waals surface area (Å²) >= 11 is 0. The van der Waals surface area contributed by atoms with E-state index in [2.05, 4.69) is 0 Å². The van der Waals surface area contributed by atoms with Crippen LogP contribution in [-0.4, -0.2) is 22.6 Å². The van der Waals surface area contributed by atoms with Crippen LogP contribution in [0, 0.1) is 0 Å². The maximum Gasteiger partial charge on any atom is 2.00 e. The minimum atomic E-state index is 0. The predicted molar refractivity (Wildman–Crippen MR) is 73.3 cm³/mol. The molecule has 0 unspecified atom stereocenters. The van der Waals surface area contributed by atoms with Gasteiger partial charge in [-0.25, -0.2) is 0 Å². The zero-order chi connectivity index (χ0) is 13.4. The van der Waals surface area contributed by atoms with Crippen molar-refractivity contribution in [1.29, 1.82) is 0 Å². The van der Waals surface area contributed by atoms with Crippen LogP contribution in [0.4, 0.5) is 0 Å². The molecule has 2 N–H and O–H groups in total. The zero-order valence-corrected chi connectivity index (χ0v) is 10.9. The van der Waals surface area contributed by atoms with Gasteiger partial charge in [0.1, 0.15) is 11.5 Å². The van der Waals surface area contributed by atoms with Gasteiger partial charge in [-0.15, -0.1) is 0 Å². The van der Waals surface area contributed by atoms with Crippen LogP contribution in [0.5, 0.6) is 11.5 Å². The van der Waals surface area contributed by atoms with Gasteiger partial charge in [0.05, 0.1) is 0 Å². The molecule has 0 saturated carbocycles. The van der Waals surface area contributed by atoms with Crippen LogP contribution in [0.15, 0.2) is 48.5 Å². The third-order valence-corrected chi connectivity index (χ3v) is 2.15. The van der Waals surface area contributed by atoms with E-state index in [1.54, 1.807) is 36.4 Å². The molecule has 0 aliphatic carbocycles. The Morgan fingerprint density at radius 3 is 1.21 bits per heavy atom. The molecule has 0 heterocycles. The Bertz CT molecular complexity index is 495. The minimum Gasteiger partial charge on any atom is -0.810 e. The Labute approximate surface area is 122 Å². The van der Waals surface area contributed by atoms with Crippen LogP contribution in [0.2, 0.25) is 0 Å². The number of para-hydroxylation sites is 2. The van der Waals surface area contributed by atoms with Crippen LogP contribution >= 0.6 is 0 Å². The van der Waals surface area contributed by atoms with Crippen molar-refractivity contribution in [3.63, 3.8) is 0 Å². The number of benzene rings is 2. The van der Waals surface area contributed by atoms with Gasteiger partial charge in [0.25, 0.3) is 0 Å². The van der Waals surface area contributed by atoms with Gasteiger partial charge in [0.2, 0.25) is 0 Å². The van der Waals surface area contributed by atoms with Crippen LogP contribution in [-0.2, 0) is 16.8 Å². The standard InChI is InChI=1S/2C7H6NO.Co/c2*8-5-6-3-1-2-4-7(6)9;/h2*1-5,9H;/q2*-1;+2. The van der Waals surface area contributed by atoms with Gasteiger partial charge < -0.3 is 21.0 Å². The summed E-state index contributed by atoms with van der Waals surface area (Å²) in [6, 6.07) is 13.1. The van der Waals surface area contributed by atoms with Crippen LogP contribution < -0.4 is 0 Å². The number of phenols is 2. The Hall–Kier alpha value is -2.11. The van der Waals surface area contributed by atoms with Gasteiger partial charge in [-0.05, 0) is 23.3 Å². The Kier molecular flexibility index (Phi) is 7.91. The van der Waals surface area contributed by atoms with Crippen molar-refractivity contribution >= 4 is 12.4 Å². The maximum atomic E-state index is 8.92. The monoisotopic (exact) mass is 299 g/mol. The molecule has 4 nitrogen and oxygen atoms in total. The summed E-state index contributed by atoms with van der Waals surface area (Å²) in [7, 11) is 0. The van der Waals surface area contributed by atoms with Crippen molar-refractivity contribution in [2.45, 2.75) is 0 Å². The van der Waals surface area contributed by atoms with Crippen LogP contribution in [0.1, 0.15) is 11.1 Å². The molecule has 5 heteroatoms. The quantitative estimate of drug-likeness (QED) is 0.835. The van der Waals surface area contributed by atoms with Crippen molar-refractivity contribution < 1.29 is 27.0 Å². The first-order chi connectivity index (χ1) is 8.69. The molecule has 0 fully saturated rings. The van der Waals surface area contributed by atoms with Crippen molar-refractivity contribution in [1.82, 2.24) is 0 Å². The van der Waals surface area contributed by atoms with Gasteiger partial charge in [0, 0.05) is 0 Å². The minimum absolute atomic E-state index is 0. The van der Waals surface area contributed by atoms with Gasteiger partial charge in [-0.2, -0.15) is 12.4 Å². The maximum absolute atomic E-state index is 8.92. The van der Waals surface area contributed by atoms with Crippen molar-refractivity contribution in [2.24, 2.45) is 0 Å². The predicted octanol–water partition coefficient (Wildman–Crippen LogP) is 2.76. The average Bonchev–Trinajstić information content (AvgIpc) is 2.41. The fourth-order valence-corrected chi connectivity index (χ4v) is 1.19. The van der Waals surface area contributed by atoms with E-state index in [1.807, 2.05) is 0 Å². The number of nitrogens with zero attached hydrogens (tertiary/aromatic N) is 2. The average molecular weight is 299 g/mol. The van der Waals surface area contributed by atoms with Crippen molar-refractivity contribution in [3.8, 4) is 11.5 Å². The molecule has 0 amide bonds. The van der Waals surface area contributed by atoms with Crippen molar-refractivity contribution in [2.75, 3.05) is 0 Å². The first kappa shape index (κ1) is 16.9. The number of hydrogen-bond donors (Lipinski definition) is 2. The molecule has 0 bridgehead atoms. The van der Waals surface area contributed by atoms with E-state index in [9.17, 15) is 0 Å². The molecule has 19 heavy (non-hydrogen) atoms. The molecule has 0 aromatic heterocycles. The van der Waals surface area contributed by atoms with E-state index >= 15 is 0 Å². The third-order valence-electron chi connectivity index (χ3n) is 2.15. The topological polar surface area (TPSA) is 85.1 Å². The number of phenolic OH excluding ortho intramolecular Hbond substituents is 2. The molecule has 0 aliphatic heterocycles. The SMILES string of the molecule is [Co+2].[N-]=Cc1ccccc1O.[N-]=Cc1ccccc1O. The summed E-state index contributed by atoms with van der Waals surface area (Å²) in [5.41, 5.74) is 0.884. The molecular formula is C14H12CoN2O2. The first-order valence-electron chi connectivity index (χ1n) is 5.20. The first-order valence-corrected chi connectivity index (χ1v) is 5.20. The Morgan fingerprint density at radius 1 is 0.684 bits per heavy atom. The molecule has 0 aliphatic rings. The molecule has 0 spiro atoms. The summed E-state index contributed by atoms with van der Waals surface area (Å²) in [5, 5.41) is 34.7. The second-order valence-electron chi connectivity index (χ2n) is 3.38. The number of rotatable bonds is 2. The zero-order valence-electron chi connectivity index (χ0n) is 9.90. The molecule has 0 atom stereocenters. The summed E-state index contributed by atoms with van der Waals surface area (Å²) < 4.78 is 0. The molecular weight excluding hydrogens is 287 g/mol. The van der Waals surface area contributed by atoms with Crippen LogP contribution in [0.3, 0.4) is 0 Å². The second kappa shape index (κ2) is 8.90. The molecule has 0 saturated heterocycles. The van der Waals surface area contributed by atoms with Gasteiger partial charge in [-0.1, -0.05) is 36.4 Å². The van der Waals surface area contributed by atoms with E-state index in [-0.39, 0.29) is 28.3 Å². The molecule has 2 rings (SSSR count). The number of hydrogen-bond acceptors (Lipinski definition) is 2. The van der Waals surface area contributed by atoms with E-state index in [0.29, 0.717) is 11.1 Å². The summed E-state index contributed by atoms with van der Waals surface area (Å²) in [6.45, 7) is 0. The van der Waals surface area contributed by atoms with E-state index in [4.69, 9.17) is 21.0 Å². The molecule has 99 valence electrons. The van der Waals surface area contributed by atoms with E-state index < -0.39 is 0 Å².